The summed E-state index contributed by atoms with van der Waals surface area (Å²) in [6.07, 6.45) is 7.55. The lowest BCUT2D eigenvalue weighted by Crippen LogP contribution is -2.58. The number of carbonyl (C=O) groups is 4. The van der Waals surface area contributed by atoms with Crippen LogP contribution in [0, 0.1) is 17.8 Å². The van der Waals surface area contributed by atoms with Gasteiger partial charge in [0.1, 0.15) is 29.3 Å². The third-order valence-electron chi connectivity index (χ3n) is 13.7. The number of methoxy groups -OCH3 is 2. The molecule has 3 fully saturated rings. The van der Waals surface area contributed by atoms with Gasteiger partial charge in [-0.2, -0.15) is 0 Å². The molecule has 1 saturated carbocycles. The van der Waals surface area contributed by atoms with Gasteiger partial charge in [-0.3, -0.25) is 9.59 Å². The van der Waals surface area contributed by atoms with Crippen molar-refractivity contribution in [3.63, 3.8) is 0 Å². The number of rotatable bonds is 11. The first kappa shape index (κ1) is 43.4. The molecule has 1 aliphatic carbocycles. The van der Waals surface area contributed by atoms with Crippen LogP contribution in [0.25, 0.3) is 54.1 Å². The van der Waals surface area contributed by atoms with Gasteiger partial charge in [0, 0.05) is 35.3 Å². The number of amides is 4. The van der Waals surface area contributed by atoms with E-state index < -0.39 is 35.3 Å². The number of H-pyrrole nitrogens is 2. The Bertz CT molecular complexity index is 2760. The van der Waals surface area contributed by atoms with Crippen LogP contribution >= 0.6 is 22.7 Å². The molecule has 6 aromatic rings. The maximum absolute atomic E-state index is 14.1. The molecule has 9 rings (SSSR count). The van der Waals surface area contributed by atoms with Crippen LogP contribution in [0.5, 0.6) is 0 Å². The fourth-order valence-corrected chi connectivity index (χ4v) is 11.9. The van der Waals surface area contributed by atoms with Crippen LogP contribution in [0.4, 0.5) is 9.59 Å². The number of alkyl carbamates (subject to hydrolysis) is 2. The van der Waals surface area contributed by atoms with Gasteiger partial charge >= 0.3 is 12.2 Å². The summed E-state index contributed by atoms with van der Waals surface area (Å²) in [6.45, 7) is 10.9. The lowest BCUT2D eigenvalue weighted by atomic mass is 9.86. The Balaban J connectivity index is 1.01. The Morgan fingerprint density at radius 2 is 1.23 bits per heavy atom. The molecule has 1 unspecified atom stereocenters. The van der Waals surface area contributed by atoms with E-state index in [1.165, 1.54) is 14.2 Å². The second kappa shape index (κ2) is 16.9. The average Bonchev–Trinajstić information content (AvgIpc) is 4.16. The number of benzene rings is 2. The van der Waals surface area contributed by atoms with Crippen molar-refractivity contribution in [2.45, 2.75) is 96.3 Å². The summed E-state index contributed by atoms with van der Waals surface area (Å²) in [5.41, 5.74) is 9.62. The van der Waals surface area contributed by atoms with Crippen LogP contribution < -0.4 is 10.6 Å². The molecule has 5 atom stereocenters. The van der Waals surface area contributed by atoms with Gasteiger partial charge in [-0.15, -0.1) is 22.7 Å². The number of nitrogens with zero attached hydrogens (tertiary/aromatic N) is 6. The number of nitrogens with one attached hydrogen (secondary N) is 4. The molecule has 16 nitrogen and oxygen atoms in total. The van der Waals surface area contributed by atoms with Crippen molar-refractivity contribution in [3.05, 3.63) is 59.3 Å². The maximum atomic E-state index is 14.1. The largest absolute Gasteiger partial charge is 0.453 e. The summed E-state index contributed by atoms with van der Waals surface area (Å²) in [6, 6.07) is 6.92. The second-order valence-corrected chi connectivity index (χ2v) is 19.9. The van der Waals surface area contributed by atoms with E-state index in [9.17, 15) is 19.2 Å². The number of likely N-dealkylation sites (tertiary alicyclic amines) is 2. The summed E-state index contributed by atoms with van der Waals surface area (Å²) in [5.74, 6) is 1.25. The van der Waals surface area contributed by atoms with Gasteiger partial charge in [0.2, 0.25) is 11.8 Å². The number of ether oxygens (including phenoxy) is 2. The maximum Gasteiger partial charge on any atom is 0.407 e. The predicted molar refractivity (Wildman–Crippen MR) is 245 cm³/mol. The highest BCUT2D eigenvalue weighted by Gasteiger charge is 2.56. The predicted octanol–water partition coefficient (Wildman–Crippen LogP) is 8.18. The van der Waals surface area contributed by atoms with E-state index in [4.69, 9.17) is 29.4 Å². The zero-order valence-electron chi connectivity index (χ0n) is 37.1. The lowest BCUT2D eigenvalue weighted by molar-refractivity contribution is -0.143. The number of carbonyl (C=O) groups excluding carboxylic acids is 4. The monoisotopic (exact) mass is 906 g/mol. The third kappa shape index (κ3) is 7.27. The van der Waals surface area contributed by atoms with Crippen LogP contribution in [0.1, 0.15) is 84.8 Å². The Kier molecular flexibility index (Phi) is 11.5. The van der Waals surface area contributed by atoms with Gasteiger partial charge < -0.3 is 39.9 Å². The molecule has 4 N–H and O–H groups in total. The molecular weight excluding hydrogens is 853 g/mol. The molecule has 4 amide bonds. The molecule has 2 saturated heterocycles. The van der Waals surface area contributed by atoms with E-state index in [2.05, 4.69) is 44.9 Å². The van der Waals surface area contributed by atoms with E-state index in [0.29, 0.717) is 24.8 Å². The Hall–Kier alpha value is -5.88. The topological polar surface area (TPSA) is 200 Å². The zero-order valence-corrected chi connectivity index (χ0v) is 38.7. The molecule has 0 spiro atoms. The van der Waals surface area contributed by atoms with Crippen molar-refractivity contribution in [1.82, 2.24) is 50.3 Å². The number of aromatic nitrogens is 6. The minimum absolute atomic E-state index is 0.120. The third-order valence-corrected chi connectivity index (χ3v) is 15.4. The number of thiazole rings is 2. The minimum atomic E-state index is -0.740. The first-order chi connectivity index (χ1) is 30.8. The molecule has 64 heavy (non-hydrogen) atoms. The SMILES string of the molecule is COC(=O)NC(C(=O)N1CCCC[C@]1(C)c1ncc(-c2ccc(-c3ccc(-c4cnc([C@@]56CC[C@@H](CN5C(=O)[C@@H](NC(=O)OC)C(C)C)C6)[nH]4)c4scnc34)c3ncsc23)[nH]1)C(C)C. The van der Waals surface area contributed by atoms with Crippen molar-refractivity contribution in [1.29, 1.82) is 0 Å². The van der Waals surface area contributed by atoms with Crippen LogP contribution in [0.15, 0.2) is 47.7 Å². The summed E-state index contributed by atoms with van der Waals surface area (Å²) in [4.78, 5) is 83.3. The number of imidazole rings is 2. The van der Waals surface area contributed by atoms with E-state index in [0.717, 1.165) is 98.4 Å². The fraction of sp³-hybridized carbons (Fsp3) is 0.478. The van der Waals surface area contributed by atoms with Crippen molar-refractivity contribution >= 4 is 67.1 Å². The van der Waals surface area contributed by atoms with E-state index in [-0.39, 0.29) is 23.7 Å². The van der Waals surface area contributed by atoms with E-state index in [1.807, 2.05) is 67.8 Å². The van der Waals surface area contributed by atoms with E-state index in [1.54, 1.807) is 22.7 Å². The van der Waals surface area contributed by atoms with Crippen molar-refractivity contribution in [3.8, 4) is 33.6 Å². The van der Waals surface area contributed by atoms with Gasteiger partial charge in [-0.1, -0.05) is 52.0 Å². The smallest absolute Gasteiger partial charge is 0.407 e. The molecule has 2 bridgehead atoms. The number of piperidine rings is 2. The summed E-state index contributed by atoms with van der Waals surface area (Å²) < 4.78 is 11.7. The fourth-order valence-electron chi connectivity index (χ4n) is 10.2. The molecule has 6 heterocycles. The highest BCUT2D eigenvalue weighted by Crippen LogP contribution is 2.53. The van der Waals surface area contributed by atoms with Gasteiger partial charge in [0.15, 0.2) is 0 Å². The second-order valence-electron chi connectivity index (χ2n) is 18.2. The van der Waals surface area contributed by atoms with Crippen LogP contribution in [0.2, 0.25) is 0 Å². The number of hydrogen-bond donors (Lipinski definition) is 4. The molecule has 3 aliphatic rings. The molecule has 0 radical (unpaired) electrons. The first-order valence-corrected chi connectivity index (χ1v) is 23.7. The van der Waals surface area contributed by atoms with Gasteiger partial charge in [0.25, 0.3) is 0 Å². The van der Waals surface area contributed by atoms with Crippen molar-refractivity contribution in [2.75, 3.05) is 27.3 Å². The summed E-state index contributed by atoms with van der Waals surface area (Å²) in [5, 5.41) is 5.52. The van der Waals surface area contributed by atoms with Crippen LogP contribution in [-0.4, -0.2) is 103 Å². The van der Waals surface area contributed by atoms with Gasteiger partial charge in [-0.05, 0) is 63.2 Å². The standard InChI is InChI=1S/C46H54N10O6S2/c1-24(2)33(53-43(59)61-6)39(57)55-17-9-8-15-45(55,5)41-47-19-31(51-41)29-12-10-27(35-37(29)63-22-49-35)28-11-13-30(38-36(28)50-23-64-38)32-20-48-42(52-32)46-16-14-26(18-46)21-56(46)40(58)34(25(3)4)54-44(60)62-7/h10-13,19-20,22-26,33-34H,8-9,14-18,21H2,1-7H3,(H,47,51)(H,48,52)(H,53,59)(H,54,60)/t26-,33?,34+,45-,46+/m1/s1. The molecular formula is C46H54N10O6S2. The minimum Gasteiger partial charge on any atom is -0.453 e. The zero-order chi connectivity index (χ0) is 45.1. The number of hydrogen-bond acceptors (Lipinski definition) is 12. The summed E-state index contributed by atoms with van der Waals surface area (Å²) in [7, 11) is 2.60. The molecule has 4 aromatic heterocycles. The quantitative estimate of drug-likeness (QED) is 0.0983. The lowest BCUT2D eigenvalue weighted by Gasteiger charge is -2.45. The Morgan fingerprint density at radius 1 is 0.719 bits per heavy atom. The number of aromatic amines is 2. The molecule has 2 aliphatic heterocycles. The molecule has 336 valence electrons. The highest BCUT2D eigenvalue weighted by molar-refractivity contribution is 7.17. The Morgan fingerprint density at radius 3 is 1.77 bits per heavy atom. The van der Waals surface area contributed by atoms with E-state index >= 15 is 0 Å². The number of fused-ring (bicyclic) bond motifs is 4. The van der Waals surface area contributed by atoms with Gasteiger partial charge in [-0.25, -0.2) is 29.5 Å². The summed E-state index contributed by atoms with van der Waals surface area (Å²) >= 11 is 3.12. The van der Waals surface area contributed by atoms with Crippen LogP contribution in [0.3, 0.4) is 0 Å². The van der Waals surface area contributed by atoms with Crippen molar-refractivity contribution < 1.29 is 28.7 Å². The first-order valence-electron chi connectivity index (χ1n) is 21.9. The van der Waals surface area contributed by atoms with Crippen LogP contribution in [-0.2, 0) is 30.1 Å². The average molecular weight is 907 g/mol. The molecule has 18 heteroatoms. The van der Waals surface area contributed by atoms with Gasteiger partial charge in [0.05, 0.1) is 75.0 Å². The normalized spacial score (nSPS) is 21.8. The highest BCUT2D eigenvalue weighted by atomic mass is 32.1. The molecule has 2 aromatic carbocycles. The Labute approximate surface area is 379 Å². The van der Waals surface area contributed by atoms with Crippen molar-refractivity contribution in [2.24, 2.45) is 17.8 Å².